The van der Waals surface area contributed by atoms with Crippen molar-refractivity contribution in [2.45, 2.75) is 38.5 Å². The van der Waals surface area contributed by atoms with Crippen LogP contribution in [0.3, 0.4) is 0 Å². The van der Waals surface area contributed by atoms with Crippen molar-refractivity contribution in [2.24, 2.45) is 11.3 Å². The second kappa shape index (κ2) is 4.13. The lowest BCUT2D eigenvalue weighted by Crippen LogP contribution is -2.40. The van der Waals surface area contributed by atoms with Gasteiger partial charge in [0.25, 0.3) is 0 Å². The van der Waals surface area contributed by atoms with E-state index in [4.69, 9.17) is 0 Å². The van der Waals surface area contributed by atoms with E-state index in [1.165, 1.54) is 12.8 Å². The highest BCUT2D eigenvalue weighted by Crippen LogP contribution is 2.48. The summed E-state index contributed by atoms with van der Waals surface area (Å²) in [6, 6.07) is 0. The van der Waals surface area contributed by atoms with Crippen molar-refractivity contribution in [3.8, 4) is 0 Å². The summed E-state index contributed by atoms with van der Waals surface area (Å²) in [6.45, 7) is 0. The van der Waals surface area contributed by atoms with Crippen LogP contribution in [0.25, 0.3) is 0 Å². The highest BCUT2D eigenvalue weighted by molar-refractivity contribution is 7.99. The van der Waals surface area contributed by atoms with Gasteiger partial charge in [-0.2, -0.15) is 11.8 Å². The molecule has 1 heterocycles. The van der Waals surface area contributed by atoms with E-state index < -0.39 is 5.97 Å². The number of hydrogen-bond acceptors (Lipinski definition) is 2. The lowest BCUT2D eigenvalue weighted by molar-refractivity contribution is -0.153. The van der Waals surface area contributed by atoms with Gasteiger partial charge in [-0.15, -0.1) is 0 Å². The molecule has 0 bridgehead atoms. The second-order valence-electron chi connectivity index (χ2n) is 4.56. The van der Waals surface area contributed by atoms with Crippen LogP contribution in [0.2, 0.25) is 0 Å². The third-order valence-electron chi connectivity index (χ3n) is 3.95. The van der Waals surface area contributed by atoms with Gasteiger partial charge in [0.2, 0.25) is 0 Å². The molecular formula is C11H18O2S. The van der Waals surface area contributed by atoms with Crippen LogP contribution in [0, 0.1) is 11.3 Å². The van der Waals surface area contributed by atoms with E-state index in [-0.39, 0.29) is 5.41 Å². The highest BCUT2D eigenvalue weighted by atomic mass is 32.2. The van der Waals surface area contributed by atoms with Gasteiger partial charge in [0, 0.05) is 0 Å². The standard InChI is InChI=1S/C11H18O2S/c12-10(13)11(5-7-14-8-6-11)9-3-1-2-4-9/h9H,1-8H2,(H,12,13). The molecule has 0 radical (unpaired) electrons. The summed E-state index contributed by atoms with van der Waals surface area (Å²) in [7, 11) is 0. The number of thioether (sulfide) groups is 1. The Kier molecular flexibility index (Phi) is 3.05. The van der Waals surface area contributed by atoms with Crippen LogP contribution in [0.4, 0.5) is 0 Å². The summed E-state index contributed by atoms with van der Waals surface area (Å²) < 4.78 is 0. The number of carbonyl (C=O) groups is 1. The van der Waals surface area contributed by atoms with E-state index in [1.54, 1.807) is 0 Å². The van der Waals surface area contributed by atoms with Gasteiger partial charge in [-0.1, -0.05) is 12.8 Å². The Morgan fingerprint density at radius 2 is 1.79 bits per heavy atom. The Morgan fingerprint density at radius 3 is 2.29 bits per heavy atom. The third kappa shape index (κ3) is 1.67. The molecule has 2 fully saturated rings. The van der Waals surface area contributed by atoms with Crippen LogP contribution in [0.5, 0.6) is 0 Å². The van der Waals surface area contributed by atoms with Crippen molar-refractivity contribution in [3.63, 3.8) is 0 Å². The van der Waals surface area contributed by atoms with Crippen molar-refractivity contribution < 1.29 is 9.90 Å². The molecule has 0 aromatic rings. The summed E-state index contributed by atoms with van der Waals surface area (Å²) >= 11 is 1.91. The van der Waals surface area contributed by atoms with E-state index in [1.807, 2.05) is 11.8 Å². The van der Waals surface area contributed by atoms with Crippen molar-refractivity contribution >= 4 is 17.7 Å². The normalized spacial score (nSPS) is 27.7. The first-order chi connectivity index (χ1) is 6.76. The Bertz CT molecular complexity index is 215. The van der Waals surface area contributed by atoms with Crippen molar-refractivity contribution in [1.29, 1.82) is 0 Å². The minimum absolute atomic E-state index is 0.345. The smallest absolute Gasteiger partial charge is 0.309 e. The SMILES string of the molecule is O=C(O)C1(C2CCCC2)CCSCC1. The van der Waals surface area contributed by atoms with Gasteiger partial charge in [-0.3, -0.25) is 4.79 Å². The summed E-state index contributed by atoms with van der Waals surface area (Å²) in [5.74, 6) is 2.04. The highest BCUT2D eigenvalue weighted by Gasteiger charge is 2.47. The van der Waals surface area contributed by atoms with Crippen LogP contribution in [-0.4, -0.2) is 22.6 Å². The molecule has 0 aromatic carbocycles. The Balaban J connectivity index is 2.15. The van der Waals surface area contributed by atoms with E-state index in [2.05, 4.69) is 0 Å². The molecule has 0 aromatic heterocycles. The van der Waals surface area contributed by atoms with Crippen LogP contribution in [0.1, 0.15) is 38.5 Å². The molecule has 1 aliphatic heterocycles. The molecule has 3 heteroatoms. The average molecular weight is 214 g/mol. The zero-order chi connectivity index (χ0) is 10.0. The largest absolute Gasteiger partial charge is 0.481 e. The van der Waals surface area contributed by atoms with E-state index in [0.29, 0.717) is 5.92 Å². The van der Waals surface area contributed by atoms with Crippen molar-refractivity contribution in [1.82, 2.24) is 0 Å². The Hall–Kier alpha value is -0.180. The predicted molar refractivity (Wildman–Crippen MR) is 58.6 cm³/mol. The van der Waals surface area contributed by atoms with Crippen LogP contribution >= 0.6 is 11.8 Å². The van der Waals surface area contributed by atoms with Crippen molar-refractivity contribution in [2.75, 3.05) is 11.5 Å². The molecule has 2 rings (SSSR count). The monoisotopic (exact) mass is 214 g/mol. The number of hydrogen-bond donors (Lipinski definition) is 1. The number of rotatable bonds is 2. The summed E-state index contributed by atoms with van der Waals surface area (Å²) in [5.41, 5.74) is -0.345. The van der Waals surface area contributed by atoms with Gasteiger partial charge in [-0.25, -0.2) is 0 Å². The quantitative estimate of drug-likeness (QED) is 0.768. The lowest BCUT2D eigenvalue weighted by Gasteiger charge is -2.38. The number of carboxylic acids is 1. The average Bonchev–Trinajstić information content (AvgIpc) is 2.72. The maximum Gasteiger partial charge on any atom is 0.309 e. The molecule has 14 heavy (non-hydrogen) atoms. The Labute approximate surface area is 89.5 Å². The molecule has 0 amide bonds. The van der Waals surface area contributed by atoms with Crippen LogP contribution in [0.15, 0.2) is 0 Å². The molecule has 0 unspecified atom stereocenters. The maximum absolute atomic E-state index is 11.5. The zero-order valence-electron chi connectivity index (χ0n) is 8.50. The molecule has 1 saturated carbocycles. The fraction of sp³-hybridized carbons (Fsp3) is 0.909. The van der Waals surface area contributed by atoms with Gasteiger partial charge < -0.3 is 5.11 Å². The van der Waals surface area contributed by atoms with Crippen LogP contribution in [-0.2, 0) is 4.79 Å². The van der Waals surface area contributed by atoms with Gasteiger partial charge in [0.05, 0.1) is 5.41 Å². The summed E-state index contributed by atoms with van der Waals surface area (Å²) in [5, 5.41) is 9.44. The first kappa shape index (κ1) is 10.3. The molecule has 1 saturated heterocycles. The van der Waals surface area contributed by atoms with Crippen LogP contribution < -0.4 is 0 Å². The van der Waals surface area contributed by atoms with Gasteiger partial charge in [0.1, 0.15) is 0 Å². The summed E-state index contributed by atoms with van der Waals surface area (Å²) in [6.07, 6.45) is 6.59. The zero-order valence-corrected chi connectivity index (χ0v) is 9.31. The maximum atomic E-state index is 11.5. The number of carboxylic acid groups (broad SMARTS) is 1. The topological polar surface area (TPSA) is 37.3 Å². The van der Waals surface area contributed by atoms with Gasteiger partial charge in [0.15, 0.2) is 0 Å². The summed E-state index contributed by atoms with van der Waals surface area (Å²) in [4.78, 5) is 11.5. The molecule has 1 N–H and O–H groups in total. The fourth-order valence-corrected chi connectivity index (χ4v) is 4.23. The van der Waals surface area contributed by atoms with E-state index in [0.717, 1.165) is 37.2 Å². The van der Waals surface area contributed by atoms with Gasteiger partial charge >= 0.3 is 5.97 Å². The van der Waals surface area contributed by atoms with Gasteiger partial charge in [-0.05, 0) is 43.1 Å². The molecule has 2 aliphatic rings. The molecule has 1 aliphatic carbocycles. The second-order valence-corrected chi connectivity index (χ2v) is 5.78. The van der Waals surface area contributed by atoms with E-state index >= 15 is 0 Å². The first-order valence-electron chi connectivity index (χ1n) is 5.57. The first-order valence-corrected chi connectivity index (χ1v) is 6.72. The Morgan fingerprint density at radius 1 is 1.21 bits per heavy atom. The predicted octanol–water partition coefficient (Wildman–Crippen LogP) is 2.77. The minimum Gasteiger partial charge on any atom is -0.481 e. The molecule has 0 spiro atoms. The molecule has 2 nitrogen and oxygen atoms in total. The van der Waals surface area contributed by atoms with E-state index in [9.17, 15) is 9.90 Å². The minimum atomic E-state index is -0.523. The number of aliphatic carboxylic acids is 1. The fourth-order valence-electron chi connectivity index (χ4n) is 3.01. The molecule has 0 atom stereocenters. The molecule has 80 valence electrons. The van der Waals surface area contributed by atoms with Crippen molar-refractivity contribution in [3.05, 3.63) is 0 Å². The third-order valence-corrected chi connectivity index (χ3v) is 4.93. The lowest BCUT2D eigenvalue weighted by atomic mass is 9.70. The molecular weight excluding hydrogens is 196 g/mol.